The molecule has 88 valence electrons. The van der Waals surface area contributed by atoms with Crippen LogP contribution in [0, 0.1) is 0 Å². The number of rotatable bonds is 5. The minimum atomic E-state index is -2.06. The average molecular weight is 226 g/mol. The molecule has 1 aromatic rings. The Bertz CT molecular complexity index is 352. The highest BCUT2D eigenvalue weighted by molar-refractivity contribution is 5.73. The molecular weight excluding hydrogens is 211 g/mol. The molecule has 0 aromatic heterocycles. The summed E-state index contributed by atoms with van der Waals surface area (Å²) in [6, 6.07) is 6.97. The van der Waals surface area contributed by atoms with Crippen LogP contribution in [-0.4, -0.2) is 18.9 Å². The molecule has 1 aromatic carbocycles. The third kappa shape index (κ3) is 3.53. The Balaban J connectivity index is 2.61. The summed E-state index contributed by atoms with van der Waals surface area (Å²) < 4.78 is 22.5. The number of hydrogen-bond donors (Lipinski definition) is 0. The number of aryl methyl sites for hydroxylation is 1. The second-order valence-corrected chi connectivity index (χ2v) is 3.19. The zero-order chi connectivity index (χ0) is 12.0. The molecule has 0 aliphatic heterocycles. The lowest BCUT2D eigenvalue weighted by atomic mass is 10.2. The molecule has 0 aliphatic rings. The molecule has 0 saturated heterocycles. The van der Waals surface area contributed by atoms with Gasteiger partial charge in [0.2, 0.25) is 0 Å². The quantitative estimate of drug-likeness (QED) is 0.723. The van der Waals surface area contributed by atoms with Crippen molar-refractivity contribution >= 4 is 5.97 Å². The summed E-state index contributed by atoms with van der Waals surface area (Å²) in [7, 11) is 0. The third-order valence-electron chi connectivity index (χ3n) is 2.02. The van der Waals surface area contributed by atoms with Gasteiger partial charge in [-0.05, 0) is 31.0 Å². The van der Waals surface area contributed by atoms with Gasteiger partial charge in [0.25, 0.3) is 0 Å². The van der Waals surface area contributed by atoms with Crippen molar-refractivity contribution in [2.75, 3.05) is 6.61 Å². The van der Waals surface area contributed by atoms with Gasteiger partial charge in [-0.2, -0.15) is 4.39 Å². The highest BCUT2D eigenvalue weighted by Gasteiger charge is 2.20. The Morgan fingerprint density at radius 2 is 2.19 bits per heavy atom. The normalized spacial score (nSPS) is 11.9. The molecule has 0 aliphatic carbocycles. The lowest BCUT2D eigenvalue weighted by Crippen LogP contribution is -2.24. The lowest BCUT2D eigenvalue weighted by Gasteiger charge is -2.10. The highest BCUT2D eigenvalue weighted by atomic mass is 19.1. The van der Waals surface area contributed by atoms with Crippen LogP contribution in [0.1, 0.15) is 19.4 Å². The van der Waals surface area contributed by atoms with Crippen LogP contribution >= 0.6 is 0 Å². The maximum absolute atomic E-state index is 13.2. The van der Waals surface area contributed by atoms with E-state index in [1.165, 1.54) is 0 Å². The second-order valence-electron chi connectivity index (χ2n) is 3.19. The van der Waals surface area contributed by atoms with E-state index in [1.807, 2.05) is 13.0 Å². The van der Waals surface area contributed by atoms with Crippen molar-refractivity contribution in [2.24, 2.45) is 0 Å². The van der Waals surface area contributed by atoms with E-state index < -0.39 is 12.3 Å². The van der Waals surface area contributed by atoms with Crippen LogP contribution in [0.4, 0.5) is 4.39 Å². The summed E-state index contributed by atoms with van der Waals surface area (Å²) >= 11 is 0. The highest BCUT2D eigenvalue weighted by Crippen LogP contribution is 2.16. The number of halogens is 1. The molecule has 16 heavy (non-hydrogen) atoms. The lowest BCUT2D eigenvalue weighted by molar-refractivity contribution is -0.159. The molecule has 0 spiro atoms. The van der Waals surface area contributed by atoms with Gasteiger partial charge in [-0.15, -0.1) is 0 Å². The fraction of sp³-hybridized carbons (Fsp3) is 0.417. The van der Waals surface area contributed by atoms with E-state index in [4.69, 9.17) is 4.74 Å². The topological polar surface area (TPSA) is 35.5 Å². The van der Waals surface area contributed by atoms with Gasteiger partial charge in [0.1, 0.15) is 5.75 Å². The molecular formula is C12H15FO3. The molecule has 1 atom stereocenters. The molecule has 0 N–H and O–H groups in total. The van der Waals surface area contributed by atoms with Crippen molar-refractivity contribution in [3.8, 4) is 5.75 Å². The largest absolute Gasteiger partial charge is 0.461 e. The SMILES string of the molecule is CCOC(=O)C(F)Oc1cccc(CC)c1. The van der Waals surface area contributed by atoms with Crippen molar-refractivity contribution in [3.05, 3.63) is 29.8 Å². The monoisotopic (exact) mass is 226 g/mol. The van der Waals surface area contributed by atoms with Crippen LogP contribution in [0.3, 0.4) is 0 Å². The molecule has 0 radical (unpaired) electrons. The number of alkyl halides is 1. The first kappa shape index (κ1) is 12.5. The maximum atomic E-state index is 13.2. The van der Waals surface area contributed by atoms with E-state index in [2.05, 4.69) is 4.74 Å². The molecule has 0 bridgehead atoms. The second kappa shape index (κ2) is 6.10. The average Bonchev–Trinajstić information content (AvgIpc) is 2.29. The van der Waals surface area contributed by atoms with Crippen molar-refractivity contribution in [1.82, 2.24) is 0 Å². The van der Waals surface area contributed by atoms with Crippen LogP contribution in [0.15, 0.2) is 24.3 Å². The Morgan fingerprint density at radius 3 is 2.81 bits per heavy atom. The Hall–Kier alpha value is -1.58. The number of esters is 1. The van der Waals surface area contributed by atoms with E-state index >= 15 is 0 Å². The van der Waals surface area contributed by atoms with Gasteiger partial charge in [0.15, 0.2) is 0 Å². The third-order valence-corrected chi connectivity index (χ3v) is 2.02. The standard InChI is InChI=1S/C12H15FO3/c1-3-9-6-5-7-10(8-9)16-11(13)12(14)15-4-2/h5-8,11H,3-4H2,1-2H3. The van der Waals surface area contributed by atoms with Gasteiger partial charge in [-0.1, -0.05) is 19.1 Å². The van der Waals surface area contributed by atoms with E-state index in [0.717, 1.165) is 12.0 Å². The molecule has 1 rings (SSSR count). The molecule has 1 unspecified atom stereocenters. The van der Waals surface area contributed by atoms with Crippen LogP contribution in [0.5, 0.6) is 5.75 Å². The van der Waals surface area contributed by atoms with Gasteiger partial charge in [-0.25, -0.2) is 4.79 Å². The van der Waals surface area contributed by atoms with Crippen molar-refractivity contribution < 1.29 is 18.7 Å². The van der Waals surface area contributed by atoms with Gasteiger partial charge >= 0.3 is 12.3 Å². The summed E-state index contributed by atoms with van der Waals surface area (Å²) in [5.41, 5.74) is 1.02. The number of hydrogen-bond acceptors (Lipinski definition) is 3. The fourth-order valence-electron chi connectivity index (χ4n) is 1.21. The Morgan fingerprint density at radius 1 is 1.44 bits per heavy atom. The van der Waals surface area contributed by atoms with Gasteiger partial charge in [0.05, 0.1) is 6.61 Å². The zero-order valence-electron chi connectivity index (χ0n) is 9.40. The summed E-state index contributed by atoms with van der Waals surface area (Å²) in [4.78, 5) is 11.0. The van der Waals surface area contributed by atoms with Crippen molar-refractivity contribution in [1.29, 1.82) is 0 Å². The molecule has 0 fully saturated rings. The van der Waals surface area contributed by atoms with E-state index in [9.17, 15) is 9.18 Å². The van der Waals surface area contributed by atoms with Crippen LogP contribution in [0.2, 0.25) is 0 Å². The van der Waals surface area contributed by atoms with Gasteiger partial charge in [-0.3, -0.25) is 0 Å². The molecule has 0 saturated carbocycles. The Kier molecular flexibility index (Phi) is 4.76. The smallest absolute Gasteiger partial charge is 0.381 e. The Labute approximate surface area is 94.2 Å². The van der Waals surface area contributed by atoms with E-state index in [1.54, 1.807) is 25.1 Å². The predicted octanol–water partition coefficient (Wildman–Crippen LogP) is 2.49. The fourth-order valence-corrected chi connectivity index (χ4v) is 1.21. The van der Waals surface area contributed by atoms with E-state index in [-0.39, 0.29) is 6.61 Å². The van der Waals surface area contributed by atoms with Gasteiger partial charge in [0, 0.05) is 0 Å². The molecule has 0 amide bonds. The first-order valence-corrected chi connectivity index (χ1v) is 5.23. The first-order chi connectivity index (χ1) is 7.67. The van der Waals surface area contributed by atoms with Crippen LogP contribution < -0.4 is 4.74 Å². The maximum Gasteiger partial charge on any atom is 0.381 e. The minimum absolute atomic E-state index is 0.137. The number of benzene rings is 1. The van der Waals surface area contributed by atoms with Crippen molar-refractivity contribution in [2.45, 2.75) is 26.6 Å². The molecule has 3 nitrogen and oxygen atoms in total. The zero-order valence-corrected chi connectivity index (χ0v) is 9.40. The molecule has 4 heteroatoms. The van der Waals surface area contributed by atoms with Crippen molar-refractivity contribution in [3.63, 3.8) is 0 Å². The van der Waals surface area contributed by atoms with Crippen LogP contribution in [0.25, 0.3) is 0 Å². The van der Waals surface area contributed by atoms with Gasteiger partial charge < -0.3 is 9.47 Å². The number of carbonyl (C=O) groups excluding carboxylic acids is 1. The molecule has 0 heterocycles. The summed E-state index contributed by atoms with van der Waals surface area (Å²) in [5, 5.41) is 0. The first-order valence-electron chi connectivity index (χ1n) is 5.23. The number of carbonyl (C=O) groups is 1. The van der Waals surface area contributed by atoms with Crippen LogP contribution in [-0.2, 0) is 16.0 Å². The summed E-state index contributed by atoms with van der Waals surface area (Å²) in [6.45, 7) is 3.73. The number of ether oxygens (including phenoxy) is 2. The summed E-state index contributed by atoms with van der Waals surface area (Å²) in [6.07, 6.45) is -1.24. The predicted molar refractivity (Wildman–Crippen MR) is 58.0 cm³/mol. The summed E-state index contributed by atoms with van der Waals surface area (Å²) in [5.74, 6) is -0.663. The van der Waals surface area contributed by atoms with E-state index in [0.29, 0.717) is 5.75 Å². The minimum Gasteiger partial charge on any atom is -0.461 e.